The predicted molar refractivity (Wildman–Crippen MR) is 35.1 cm³/mol. The third kappa shape index (κ3) is 3.16. The molecule has 0 spiro atoms. The quantitative estimate of drug-likeness (QED) is 0.651. The van der Waals surface area contributed by atoms with Crippen molar-refractivity contribution >= 4 is 21.7 Å². The Morgan fingerprint density at radius 2 is 2.38 bits per heavy atom. The van der Waals surface area contributed by atoms with E-state index in [1.807, 2.05) is 0 Å². The molecule has 1 unspecified atom stereocenters. The molecule has 0 aromatic rings. The third-order valence-corrected chi connectivity index (χ3v) is 1.31. The fraction of sp³-hybridized carbons (Fsp3) is 0.800. The average Bonchev–Trinajstić information content (AvgIpc) is 1.67. The zero-order valence-electron chi connectivity index (χ0n) is 4.72. The first-order chi connectivity index (χ1) is 3.68. The Morgan fingerprint density at radius 1 is 1.88 bits per heavy atom. The first-order valence-corrected chi connectivity index (χ1v) is 3.55. The van der Waals surface area contributed by atoms with E-state index in [0.717, 1.165) is 0 Å². The molecule has 0 amide bonds. The minimum Gasteiger partial charge on any atom is -0.385 e. The number of aliphatic hydroxyl groups excluding tert-OH is 1. The summed E-state index contributed by atoms with van der Waals surface area (Å²) in [5.74, 6) is -0.163. The van der Waals surface area contributed by atoms with E-state index in [4.69, 9.17) is 5.11 Å². The Morgan fingerprint density at radius 3 is 2.50 bits per heavy atom. The molecule has 0 rings (SSSR count). The number of carbonyl (C=O) groups excluding carboxylic acids is 1. The second-order valence-corrected chi connectivity index (χ2v) is 2.40. The lowest BCUT2D eigenvalue weighted by Gasteiger charge is -2.00. The number of halogens is 1. The third-order valence-electron chi connectivity index (χ3n) is 0.852. The molecule has 1 N–H and O–H groups in total. The lowest BCUT2D eigenvalue weighted by atomic mass is 10.2. The van der Waals surface area contributed by atoms with Gasteiger partial charge in [-0.15, -0.1) is 0 Å². The molecule has 48 valence electrons. The summed E-state index contributed by atoms with van der Waals surface area (Å²) in [4.78, 5) is 10.3. The first kappa shape index (κ1) is 8.11. The molecule has 0 aliphatic carbocycles. The molecule has 0 saturated heterocycles. The van der Waals surface area contributed by atoms with E-state index in [1.165, 1.54) is 6.92 Å². The zero-order valence-corrected chi connectivity index (χ0v) is 6.31. The Balaban J connectivity index is 3.32. The van der Waals surface area contributed by atoms with Crippen molar-refractivity contribution in [2.45, 2.75) is 19.4 Å². The number of hydrogen-bond donors (Lipinski definition) is 1. The molecule has 0 aliphatic heterocycles. The van der Waals surface area contributed by atoms with Crippen molar-refractivity contribution in [1.29, 1.82) is 0 Å². The maximum Gasteiger partial charge on any atom is 0.158 e. The summed E-state index contributed by atoms with van der Waals surface area (Å²) in [5, 5.41) is 9.42. The van der Waals surface area contributed by atoms with Gasteiger partial charge in [0, 0.05) is 5.33 Å². The number of hydrogen-bond acceptors (Lipinski definition) is 2. The van der Waals surface area contributed by atoms with Gasteiger partial charge >= 0.3 is 0 Å². The van der Waals surface area contributed by atoms with Crippen molar-refractivity contribution in [1.82, 2.24) is 0 Å². The molecular formula is C5H9BrO2. The molecule has 0 saturated carbocycles. The molecule has 3 heteroatoms. The topological polar surface area (TPSA) is 37.3 Å². The molecule has 8 heavy (non-hydrogen) atoms. The van der Waals surface area contributed by atoms with Crippen LogP contribution in [0, 0.1) is 0 Å². The summed E-state index contributed by atoms with van der Waals surface area (Å²) in [5.41, 5.74) is 0. The molecule has 0 aliphatic rings. The van der Waals surface area contributed by atoms with Crippen LogP contribution in [0.3, 0.4) is 0 Å². The van der Waals surface area contributed by atoms with Gasteiger partial charge in [0.2, 0.25) is 0 Å². The van der Waals surface area contributed by atoms with Gasteiger partial charge in [-0.3, -0.25) is 4.79 Å². The molecule has 1 atom stereocenters. The summed E-state index contributed by atoms with van der Waals surface area (Å²) < 4.78 is 0. The fourth-order valence-electron chi connectivity index (χ4n) is 0.307. The molecule has 0 aromatic heterocycles. The predicted octanol–water partition coefficient (Wildman–Crippen LogP) is 0.721. The fourth-order valence-corrected chi connectivity index (χ4v) is 0.740. The normalized spacial score (nSPS) is 13.4. The number of alkyl halides is 1. The highest BCUT2D eigenvalue weighted by molar-refractivity contribution is 9.09. The highest BCUT2D eigenvalue weighted by Crippen LogP contribution is 1.95. The average molecular weight is 181 g/mol. The monoisotopic (exact) mass is 180 g/mol. The van der Waals surface area contributed by atoms with Gasteiger partial charge in [-0.25, -0.2) is 0 Å². The Labute approximate surface area is 57.0 Å². The Bertz CT molecular complexity index is 82.5. The zero-order chi connectivity index (χ0) is 6.57. The molecule has 0 bridgehead atoms. The van der Waals surface area contributed by atoms with Crippen molar-refractivity contribution in [2.75, 3.05) is 5.33 Å². The summed E-state index contributed by atoms with van der Waals surface area (Å²) in [6.07, 6.45) is -0.260. The number of Topliss-reactive ketones (excluding diaryl/α,β-unsaturated/α-hetero) is 1. The summed E-state index contributed by atoms with van der Waals surface area (Å²) >= 11 is 3.11. The van der Waals surface area contributed by atoms with E-state index in [1.54, 1.807) is 0 Å². The maximum atomic E-state index is 10.3. The van der Waals surface area contributed by atoms with Crippen molar-refractivity contribution in [3.63, 3.8) is 0 Å². The molecule has 0 aromatic carbocycles. The molecule has 2 nitrogen and oxygen atoms in total. The van der Waals surface area contributed by atoms with Gasteiger partial charge in [-0.05, 0) is 13.3 Å². The van der Waals surface area contributed by atoms with Gasteiger partial charge in [-0.2, -0.15) is 0 Å². The van der Waals surface area contributed by atoms with E-state index < -0.39 is 6.10 Å². The summed E-state index contributed by atoms with van der Waals surface area (Å²) in [7, 11) is 0. The van der Waals surface area contributed by atoms with Crippen molar-refractivity contribution in [2.24, 2.45) is 0 Å². The van der Waals surface area contributed by atoms with Crippen LogP contribution in [0.5, 0.6) is 0 Å². The van der Waals surface area contributed by atoms with Crippen LogP contribution in [0.15, 0.2) is 0 Å². The molecule has 0 heterocycles. The molecule has 0 fully saturated rings. The van der Waals surface area contributed by atoms with Gasteiger partial charge < -0.3 is 5.11 Å². The SMILES string of the molecule is CC(=O)C(O)CCBr. The standard InChI is InChI=1S/C5H9BrO2/c1-4(7)5(8)2-3-6/h5,8H,2-3H2,1H3. The van der Waals surface area contributed by atoms with Gasteiger partial charge in [0.15, 0.2) is 5.78 Å². The second-order valence-electron chi connectivity index (χ2n) is 1.60. The van der Waals surface area contributed by atoms with Crippen LogP contribution in [0.1, 0.15) is 13.3 Å². The van der Waals surface area contributed by atoms with Crippen LogP contribution >= 0.6 is 15.9 Å². The summed E-state index contributed by atoms with van der Waals surface area (Å²) in [6.45, 7) is 1.38. The van der Waals surface area contributed by atoms with Gasteiger partial charge in [-0.1, -0.05) is 15.9 Å². The molecular weight excluding hydrogens is 172 g/mol. The van der Waals surface area contributed by atoms with Crippen LogP contribution in [-0.2, 0) is 4.79 Å². The van der Waals surface area contributed by atoms with Gasteiger partial charge in [0.25, 0.3) is 0 Å². The lowest BCUT2D eigenvalue weighted by molar-refractivity contribution is -0.124. The van der Waals surface area contributed by atoms with E-state index in [-0.39, 0.29) is 5.78 Å². The van der Waals surface area contributed by atoms with E-state index in [9.17, 15) is 4.79 Å². The highest BCUT2D eigenvalue weighted by Gasteiger charge is 2.06. The number of aliphatic hydroxyl groups is 1. The minimum absolute atomic E-state index is 0.163. The van der Waals surface area contributed by atoms with E-state index in [0.29, 0.717) is 11.8 Å². The Hall–Kier alpha value is 0.110. The van der Waals surface area contributed by atoms with Crippen LogP contribution < -0.4 is 0 Å². The smallest absolute Gasteiger partial charge is 0.158 e. The number of ketones is 1. The van der Waals surface area contributed by atoms with Crippen molar-refractivity contribution < 1.29 is 9.90 Å². The van der Waals surface area contributed by atoms with Crippen molar-refractivity contribution in [3.8, 4) is 0 Å². The Kier molecular flexibility index (Phi) is 4.09. The first-order valence-electron chi connectivity index (χ1n) is 2.43. The minimum atomic E-state index is -0.769. The summed E-state index contributed by atoms with van der Waals surface area (Å²) in [6, 6.07) is 0. The molecule has 0 radical (unpaired) electrons. The second kappa shape index (κ2) is 4.04. The maximum absolute atomic E-state index is 10.3. The van der Waals surface area contributed by atoms with Crippen LogP contribution in [0.2, 0.25) is 0 Å². The van der Waals surface area contributed by atoms with Crippen molar-refractivity contribution in [3.05, 3.63) is 0 Å². The number of rotatable bonds is 3. The number of carbonyl (C=O) groups is 1. The van der Waals surface area contributed by atoms with Crippen LogP contribution in [0.4, 0.5) is 0 Å². The van der Waals surface area contributed by atoms with E-state index >= 15 is 0 Å². The van der Waals surface area contributed by atoms with Crippen LogP contribution in [0.25, 0.3) is 0 Å². The van der Waals surface area contributed by atoms with E-state index in [2.05, 4.69) is 15.9 Å². The highest BCUT2D eigenvalue weighted by atomic mass is 79.9. The lowest BCUT2D eigenvalue weighted by Crippen LogP contribution is -2.16. The van der Waals surface area contributed by atoms with Gasteiger partial charge in [0.05, 0.1) is 0 Å². The van der Waals surface area contributed by atoms with Crippen LogP contribution in [-0.4, -0.2) is 22.3 Å². The van der Waals surface area contributed by atoms with Gasteiger partial charge in [0.1, 0.15) is 6.10 Å². The largest absolute Gasteiger partial charge is 0.385 e.